The van der Waals surface area contributed by atoms with Crippen molar-refractivity contribution >= 4 is 33.6 Å². The molecule has 1 N–H and O–H groups in total. The van der Waals surface area contributed by atoms with E-state index in [-0.39, 0.29) is 27.1 Å². The van der Waals surface area contributed by atoms with E-state index in [0.717, 1.165) is 16.2 Å². The molecule has 0 spiro atoms. The van der Waals surface area contributed by atoms with Crippen LogP contribution in [0.15, 0.2) is 50.2 Å². The van der Waals surface area contributed by atoms with Gasteiger partial charge in [0.05, 0.1) is 6.26 Å². The second-order valence-corrected chi connectivity index (χ2v) is 8.38. The van der Waals surface area contributed by atoms with Crippen molar-refractivity contribution in [2.45, 2.75) is 22.6 Å². The lowest BCUT2D eigenvalue weighted by molar-refractivity contribution is 0.523. The molecule has 5 nitrogen and oxygen atoms in total. The molecule has 0 aliphatic heterocycles. The van der Waals surface area contributed by atoms with Crippen molar-refractivity contribution in [3.8, 4) is 11.1 Å². The maximum absolute atomic E-state index is 14.1. The summed E-state index contributed by atoms with van der Waals surface area (Å²) in [5, 5.41) is 2.98. The van der Waals surface area contributed by atoms with E-state index in [4.69, 9.17) is 4.42 Å². The normalized spacial score (nSPS) is 11.3. The van der Waals surface area contributed by atoms with Gasteiger partial charge in [0.1, 0.15) is 14.9 Å². The molecule has 0 unspecified atom stereocenters. The number of nitrogens with one attached hydrogen (secondary N) is 1. The SMILES string of the molecule is CNCc1cc(-c2cccnc2F)c(S(=O)(=O)c2ccoc2C)s1.Cl. The Balaban J connectivity index is 0.00000225. The van der Waals surface area contributed by atoms with Gasteiger partial charge < -0.3 is 9.73 Å². The molecule has 25 heavy (non-hydrogen) atoms. The highest BCUT2D eigenvalue weighted by atomic mass is 35.5. The lowest BCUT2D eigenvalue weighted by atomic mass is 10.1. The van der Waals surface area contributed by atoms with Crippen LogP contribution in [-0.4, -0.2) is 20.4 Å². The summed E-state index contributed by atoms with van der Waals surface area (Å²) in [5.41, 5.74) is 0.479. The van der Waals surface area contributed by atoms with Gasteiger partial charge in [0.2, 0.25) is 15.8 Å². The number of pyridine rings is 1. The van der Waals surface area contributed by atoms with Crippen LogP contribution in [0.25, 0.3) is 11.1 Å². The Bertz CT molecular complexity index is 983. The highest BCUT2D eigenvalue weighted by Crippen LogP contribution is 2.39. The maximum Gasteiger partial charge on any atom is 0.220 e. The number of thiophene rings is 1. The van der Waals surface area contributed by atoms with Crippen LogP contribution in [0.2, 0.25) is 0 Å². The minimum Gasteiger partial charge on any atom is -0.468 e. The van der Waals surface area contributed by atoms with Gasteiger partial charge in [0.25, 0.3) is 0 Å². The van der Waals surface area contributed by atoms with E-state index in [9.17, 15) is 12.8 Å². The van der Waals surface area contributed by atoms with Gasteiger partial charge >= 0.3 is 0 Å². The highest BCUT2D eigenvalue weighted by molar-refractivity contribution is 7.93. The van der Waals surface area contributed by atoms with Gasteiger partial charge in [0, 0.05) is 28.7 Å². The summed E-state index contributed by atoms with van der Waals surface area (Å²) >= 11 is 1.11. The van der Waals surface area contributed by atoms with Crippen LogP contribution in [0.3, 0.4) is 0 Å². The van der Waals surface area contributed by atoms with Crippen molar-refractivity contribution in [1.29, 1.82) is 0 Å². The van der Waals surface area contributed by atoms with Crippen LogP contribution in [0, 0.1) is 12.9 Å². The lowest BCUT2D eigenvalue weighted by Gasteiger charge is -2.05. The van der Waals surface area contributed by atoms with Crippen LogP contribution in [0.4, 0.5) is 4.39 Å². The molecular weight excluding hydrogens is 387 g/mol. The molecule has 0 aliphatic rings. The molecule has 134 valence electrons. The summed E-state index contributed by atoms with van der Waals surface area (Å²) in [5.74, 6) is -0.400. The fourth-order valence-corrected chi connectivity index (χ4v) is 5.67. The molecule has 3 heterocycles. The third kappa shape index (κ3) is 3.62. The first-order valence-corrected chi connectivity index (χ1v) is 9.42. The van der Waals surface area contributed by atoms with Crippen molar-refractivity contribution in [2.75, 3.05) is 7.05 Å². The van der Waals surface area contributed by atoms with Crippen LogP contribution in [0.1, 0.15) is 10.6 Å². The van der Waals surface area contributed by atoms with Crippen molar-refractivity contribution < 1.29 is 17.2 Å². The summed E-state index contributed by atoms with van der Waals surface area (Å²) in [4.78, 5) is 4.50. The Morgan fingerprint density at radius 3 is 2.68 bits per heavy atom. The molecule has 0 saturated carbocycles. The zero-order valence-corrected chi connectivity index (χ0v) is 15.9. The van der Waals surface area contributed by atoms with Crippen LogP contribution in [-0.2, 0) is 16.4 Å². The minimum atomic E-state index is -3.82. The largest absolute Gasteiger partial charge is 0.468 e. The zero-order chi connectivity index (χ0) is 17.3. The molecule has 3 aromatic heterocycles. The molecule has 0 aromatic carbocycles. The number of aromatic nitrogens is 1. The lowest BCUT2D eigenvalue weighted by Crippen LogP contribution is -2.03. The van der Waals surface area contributed by atoms with E-state index < -0.39 is 15.8 Å². The minimum absolute atomic E-state index is 0. The Labute approximate surface area is 155 Å². The number of hydrogen-bond acceptors (Lipinski definition) is 6. The Morgan fingerprint density at radius 1 is 1.32 bits per heavy atom. The molecule has 0 saturated heterocycles. The van der Waals surface area contributed by atoms with Crippen LogP contribution >= 0.6 is 23.7 Å². The molecule has 3 aromatic rings. The first-order valence-electron chi connectivity index (χ1n) is 7.12. The van der Waals surface area contributed by atoms with Gasteiger partial charge in [-0.05, 0) is 38.2 Å². The average Bonchev–Trinajstić information content (AvgIpc) is 3.15. The van der Waals surface area contributed by atoms with E-state index in [1.807, 2.05) is 0 Å². The third-order valence-electron chi connectivity index (χ3n) is 3.49. The number of nitrogens with zero attached hydrogens (tertiary/aromatic N) is 1. The monoisotopic (exact) mass is 402 g/mol. The smallest absolute Gasteiger partial charge is 0.220 e. The second-order valence-electron chi connectivity index (χ2n) is 5.13. The third-order valence-corrected chi connectivity index (χ3v) is 7.04. The summed E-state index contributed by atoms with van der Waals surface area (Å²) in [6, 6.07) is 6.19. The molecule has 0 bridgehead atoms. The number of sulfone groups is 1. The Kier molecular flexibility index (Phi) is 5.99. The Hall–Kier alpha value is -1.74. The predicted molar refractivity (Wildman–Crippen MR) is 96.4 cm³/mol. The molecule has 0 fully saturated rings. The van der Waals surface area contributed by atoms with E-state index in [2.05, 4.69) is 10.3 Å². The van der Waals surface area contributed by atoms with Gasteiger partial charge in [-0.1, -0.05) is 0 Å². The summed E-state index contributed by atoms with van der Waals surface area (Å²) in [6.07, 6.45) is 2.66. The van der Waals surface area contributed by atoms with E-state index in [1.165, 1.54) is 24.6 Å². The maximum atomic E-state index is 14.1. The molecule has 0 amide bonds. The number of aryl methyl sites for hydroxylation is 1. The van der Waals surface area contributed by atoms with Crippen LogP contribution in [0.5, 0.6) is 0 Å². The quantitative estimate of drug-likeness (QED) is 0.657. The van der Waals surface area contributed by atoms with Gasteiger partial charge in [0.15, 0.2) is 0 Å². The van der Waals surface area contributed by atoms with E-state index in [0.29, 0.717) is 17.9 Å². The standard InChI is InChI=1S/C16H15FN2O3S2.ClH/c1-10-14(5-7-22-10)24(20,21)16-13(8-11(23-16)9-18-2)12-4-3-6-19-15(12)17;/h3-8,18H,9H2,1-2H3;1H. The second kappa shape index (κ2) is 7.65. The van der Waals surface area contributed by atoms with Crippen LogP contribution < -0.4 is 5.32 Å². The van der Waals surface area contributed by atoms with Crippen molar-refractivity contribution in [2.24, 2.45) is 0 Å². The average molecular weight is 403 g/mol. The number of hydrogen-bond donors (Lipinski definition) is 1. The van der Waals surface area contributed by atoms with Gasteiger partial charge in [-0.2, -0.15) is 4.39 Å². The number of furan rings is 1. The summed E-state index contributed by atoms with van der Waals surface area (Å²) in [6.45, 7) is 2.07. The van der Waals surface area contributed by atoms with Gasteiger partial charge in [-0.25, -0.2) is 13.4 Å². The van der Waals surface area contributed by atoms with Gasteiger partial charge in [-0.15, -0.1) is 23.7 Å². The topological polar surface area (TPSA) is 72.2 Å². The molecule has 0 atom stereocenters. The molecule has 0 radical (unpaired) electrons. The number of rotatable bonds is 5. The fraction of sp³-hybridized carbons (Fsp3) is 0.188. The molecular formula is C16H16ClFN2O3S2. The highest BCUT2D eigenvalue weighted by Gasteiger charge is 2.29. The number of halogens is 2. The van der Waals surface area contributed by atoms with E-state index >= 15 is 0 Å². The first kappa shape index (κ1) is 19.6. The first-order chi connectivity index (χ1) is 11.4. The summed E-state index contributed by atoms with van der Waals surface area (Å²) < 4.78 is 45.4. The zero-order valence-electron chi connectivity index (χ0n) is 13.4. The van der Waals surface area contributed by atoms with Crippen molar-refractivity contribution in [1.82, 2.24) is 10.3 Å². The molecule has 3 rings (SSSR count). The van der Waals surface area contributed by atoms with Crippen molar-refractivity contribution in [3.63, 3.8) is 0 Å². The molecule has 9 heteroatoms. The Morgan fingerprint density at radius 2 is 2.08 bits per heavy atom. The summed E-state index contributed by atoms with van der Waals surface area (Å²) in [7, 11) is -2.05. The fourth-order valence-electron chi connectivity index (χ4n) is 2.41. The van der Waals surface area contributed by atoms with E-state index in [1.54, 1.807) is 26.1 Å². The predicted octanol–water partition coefficient (Wildman–Crippen LogP) is 3.82. The van der Waals surface area contributed by atoms with Crippen molar-refractivity contribution in [3.05, 3.63) is 53.3 Å². The molecule has 0 aliphatic carbocycles. The van der Waals surface area contributed by atoms with Gasteiger partial charge in [-0.3, -0.25) is 0 Å².